The zero-order chi connectivity index (χ0) is 16.5. The molecule has 2 aromatic rings. The van der Waals surface area contributed by atoms with E-state index in [1.54, 1.807) is 19.1 Å². The molecule has 0 amide bonds. The Balaban J connectivity index is 1.72. The number of nitrogens with one attached hydrogen (secondary N) is 1. The van der Waals surface area contributed by atoms with Crippen LogP contribution < -0.4 is 4.72 Å². The Morgan fingerprint density at radius 1 is 1.35 bits per heavy atom. The summed E-state index contributed by atoms with van der Waals surface area (Å²) >= 11 is 0. The SMILES string of the molecule is Cc1nc(-c2ccc(S(=O)(=O)NC[C@]3(O)CCOC3)cc2)co1. The standard InChI is InChI=1S/C15H18N2O5S/c1-11-17-14(8-22-11)12-2-4-13(5-3-12)23(19,20)16-9-15(18)6-7-21-10-15/h2-5,8,16,18H,6-7,9-10H2,1H3/t15-/m1/s1. The highest BCUT2D eigenvalue weighted by atomic mass is 32.2. The molecule has 8 heteroatoms. The van der Waals surface area contributed by atoms with Crippen LogP contribution in [0, 0.1) is 6.92 Å². The Morgan fingerprint density at radius 3 is 2.65 bits per heavy atom. The number of hydrogen-bond acceptors (Lipinski definition) is 6. The van der Waals surface area contributed by atoms with Gasteiger partial charge in [-0.2, -0.15) is 0 Å². The van der Waals surface area contributed by atoms with E-state index in [1.807, 2.05) is 0 Å². The Hall–Kier alpha value is -1.74. The van der Waals surface area contributed by atoms with E-state index >= 15 is 0 Å². The van der Waals surface area contributed by atoms with E-state index in [9.17, 15) is 13.5 Å². The van der Waals surface area contributed by atoms with Crippen LogP contribution in [-0.2, 0) is 14.8 Å². The molecule has 0 spiro atoms. The lowest BCUT2D eigenvalue weighted by molar-refractivity contribution is 0.0314. The van der Waals surface area contributed by atoms with Crippen molar-refractivity contribution in [2.75, 3.05) is 19.8 Å². The Bertz CT molecular complexity index is 776. The molecule has 3 rings (SSSR count). The second-order valence-electron chi connectivity index (χ2n) is 5.63. The third-order valence-corrected chi connectivity index (χ3v) is 5.17. The molecule has 1 saturated heterocycles. The molecule has 124 valence electrons. The molecule has 1 aromatic heterocycles. The molecular weight excluding hydrogens is 320 g/mol. The number of hydrogen-bond donors (Lipinski definition) is 2. The minimum absolute atomic E-state index is 0.0699. The summed E-state index contributed by atoms with van der Waals surface area (Å²) in [6.45, 7) is 2.24. The van der Waals surface area contributed by atoms with Gasteiger partial charge >= 0.3 is 0 Å². The summed E-state index contributed by atoms with van der Waals surface area (Å²) in [6, 6.07) is 6.33. The molecule has 7 nitrogen and oxygen atoms in total. The number of benzene rings is 1. The minimum Gasteiger partial charge on any atom is -0.449 e. The molecule has 2 N–H and O–H groups in total. The van der Waals surface area contributed by atoms with Gasteiger partial charge in [-0.1, -0.05) is 12.1 Å². The maximum atomic E-state index is 12.3. The highest BCUT2D eigenvalue weighted by Crippen LogP contribution is 2.22. The first kappa shape index (κ1) is 16.1. The van der Waals surface area contributed by atoms with Crippen LogP contribution in [0.15, 0.2) is 39.8 Å². The van der Waals surface area contributed by atoms with Gasteiger partial charge < -0.3 is 14.3 Å². The first-order valence-corrected chi connectivity index (χ1v) is 8.69. The summed E-state index contributed by atoms with van der Waals surface area (Å²) in [4.78, 5) is 4.32. The van der Waals surface area contributed by atoms with Crippen molar-refractivity contribution in [2.45, 2.75) is 23.8 Å². The third-order valence-electron chi connectivity index (χ3n) is 3.75. The van der Waals surface area contributed by atoms with Gasteiger partial charge in [-0.25, -0.2) is 18.1 Å². The molecule has 0 aliphatic carbocycles. The average Bonchev–Trinajstić information content (AvgIpc) is 3.15. The van der Waals surface area contributed by atoms with Gasteiger partial charge in [-0.15, -0.1) is 0 Å². The number of sulfonamides is 1. The molecule has 1 fully saturated rings. The molecule has 23 heavy (non-hydrogen) atoms. The number of rotatable bonds is 5. The van der Waals surface area contributed by atoms with Gasteiger partial charge in [0.15, 0.2) is 5.89 Å². The van der Waals surface area contributed by atoms with Crippen molar-refractivity contribution in [1.29, 1.82) is 0 Å². The van der Waals surface area contributed by atoms with E-state index in [-0.39, 0.29) is 18.0 Å². The van der Waals surface area contributed by atoms with Gasteiger partial charge in [0.1, 0.15) is 17.6 Å². The predicted molar refractivity (Wildman–Crippen MR) is 82.3 cm³/mol. The lowest BCUT2D eigenvalue weighted by Crippen LogP contribution is -2.43. The van der Waals surface area contributed by atoms with Crippen LogP contribution in [0.2, 0.25) is 0 Å². The number of aromatic nitrogens is 1. The van der Waals surface area contributed by atoms with Crippen molar-refractivity contribution in [3.8, 4) is 11.3 Å². The molecule has 1 aliphatic rings. The zero-order valence-electron chi connectivity index (χ0n) is 12.7. The van der Waals surface area contributed by atoms with Crippen molar-refractivity contribution in [2.24, 2.45) is 0 Å². The lowest BCUT2D eigenvalue weighted by Gasteiger charge is -2.20. The van der Waals surface area contributed by atoms with Gasteiger partial charge in [-0.05, 0) is 12.1 Å². The molecule has 0 radical (unpaired) electrons. The number of oxazole rings is 1. The second kappa shape index (κ2) is 6.04. The largest absolute Gasteiger partial charge is 0.449 e. The zero-order valence-corrected chi connectivity index (χ0v) is 13.5. The fraction of sp³-hybridized carbons (Fsp3) is 0.400. The maximum absolute atomic E-state index is 12.3. The number of aryl methyl sites for hydroxylation is 1. The molecule has 1 atom stereocenters. The summed E-state index contributed by atoms with van der Waals surface area (Å²) in [5.41, 5.74) is 0.283. The van der Waals surface area contributed by atoms with Crippen molar-refractivity contribution in [3.05, 3.63) is 36.4 Å². The van der Waals surface area contributed by atoms with Crippen LogP contribution in [-0.4, -0.2) is 43.9 Å². The van der Waals surface area contributed by atoms with Crippen LogP contribution in [0.5, 0.6) is 0 Å². The first-order valence-electron chi connectivity index (χ1n) is 7.20. The monoisotopic (exact) mass is 338 g/mol. The Labute approximate surface area is 134 Å². The topological polar surface area (TPSA) is 102 Å². The number of ether oxygens (including phenoxy) is 1. The number of aliphatic hydroxyl groups is 1. The van der Waals surface area contributed by atoms with E-state index in [0.717, 1.165) is 5.56 Å². The summed E-state index contributed by atoms with van der Waals surface area (Å²) in [7, 11) is -3.69. The molecule has 0 bridgehead atoms. The molecule has 0 unspecified atom stereocenters. The Morgan fingerprint density at radius 2 is 2.09 bits per heavy atom. The van der Waals surface area contributed by atoms with Crippen molar-refractivity contribution >= 4 is 10.0 Å². The van der Waals surface area contributed by atoms with Gasteiger partial charge in [-0.3, -0.25) is 0 Å². The lowest BCUT2D eigenvalue weighted by atomic mass is 10.1. The first-order chi connectivity index (χ1) is 10.9. The van der Waals surface area contributed by atoms with Crippen molar-refractivity contribution < 1.29 is 22.7 Å². The quantitative estimate of drug-likeness (QED) is 0.846. The molecule has 0 saturated carbocycles. The van der Waals surface area contributed by atoms with Crippen LogP contribution in [0.4, 0.5) is 0 Å². The molecule has 1 aliphatic heterocycles. The Kier molecular flexibility index (Phi) is 4.24. The molecule has 1 aromatic carbocycles. The molecule has 2 heterocycles. The van der Waals surface area contributed by atoms with Gasteiger partial charge in [0.2, 0.25) is 10.0 Å². The summed E-state index contributed by atoms with van der Waals surface area (Å²) in [5.74, 6) is 0.547. The van der Waals surface area contributed by atoms with Crippen LogP contribution in [0.25, 0.3) is 11.3 Å². The van der Waals surface area contributed by atoms with Gasteiger partial charge in [0.05, 0.1) is 11.5 Å². The van der Waals surface area contributed by atoms with Gasteiger partial charge in [0, 0.05) is 32.1 Å². The minimum atomic E-state index is -3.69. The van der Waals surface area contributed by atoms with Crippen LogP contribution in [0.1, 0.15) is 12.3 Å². The smallest absolute Gasteiger partial charge is 0.240 e. The highest BCUT2D eigenvalue weighted by Gasteiger charge is 2.33. The fourth-order valence-electron chi connectivity index (χ4n) is 2.35. The fourth-order valence-corrected chi connectivity index (χ4v) is 3.47. The maximum Gasteiger partial charge on any atom is 0.240 e. The second-order valence-corrected chi connectivity index (χ2v) is 7.39. The summed E-state index contributed by atoms with van der Waals surface area (Å²) < 4.78 is 37.2. The van der Waals surface area contributed by atoms with Crippen molar-refractivity contribution in [3.63, 3.8) is 0 Å². The predicted octanol–water partition coefficient (Wildman–Crippen LogP) is 1.08. The van der Waals surface area contributed by atoms with Crippen molar-refractivity contribution in [1.82, 2.24) is 9.71 Å². The average molecular weight is 338 g/mol. The third kappa shape index (κ3) is 3.61. The van der Waals surface area contributed by atoms with E-state index in [1.165, 1.54) is 18.4 Å². The van der Waals surface area contributed by atoms with E-state index in [4.69, 9.17) is 9.15 Å². The normalized spacial score (nSPS) is 21.7. The van der Waals surface area contributed by atoms with Gasteiger partial charge in [0.25, 0.3) is 0 Å². The molecular formula is C15H18N2O5S. The van der Waals surface area contributed by atoms with E-state index < -0.39 is 15.6 Å². The summed E-state index contributed by atoms with van der Waals surface area (Å²) in [6.07, 6.45) is 1.94. The van der Waals surface area contributed by atoms with Crippen LogP contribution in [0.3, 0.4) is 0 Å². The van der Waals surface area contributed by atoms with E-state index in [2.05, 4.69) is 9.71 Å². The van der Waals surface area contributed by atoms with E-state index in [0.29, 0.717) is 24.6 Å². The summed E-state index contributed by atoms with van der Waals surface area (Å²) in [5, 5.41) is 10.1. The number of nitrogens with zero attached hydrogens (tertiary/aromatic N) is 1. The van der Waals surface area contributed by atoms with Crippen LogP contribution >= 0.6 is 0 Å². The highest BCUT2D eigenvalue weighted by molar-refractivity contribution is 7.89.